The van der Waals surface area contributed by atoms with Crippen LogP contribution in [0.25, 0.3) is 0 Å². The predicted octanol–water partition coefficient (Wildman–Crippen LogP) is 4.56. The van der Waals surface area contributed by atoms with E-state index < -0.39 is 12.3 Å². The van der Waals surface area contributed by atoms with Crippen LogP contribution in [0.3, 0.4) is 0 Å². The van der Waals surface area contributed by atoms with Crippen molar-refractivity contribution in [2.75, 3.05) is 5.75 Å². The van der Waals surface area contributed by atoms with Crippen LogP contribution in [0, 0.1) is 0 Å². The first kappa shape index (κ1) is 23.8. The Kier molecular flexibility index (Phi) is 8.17. The SMILES string of the molecule is CC(C)(C)NC(O)c1ccccc1C(O)CSc1ccccc1C(=O)NC1CCCC1. The van der Waals surface area contributed by atoms with Gasteiger partial charge in [0.1, 0.15) is 6.23 Å². The van der Waals surface area contributed by atoms with E-state index in [2.05, 4.69) is 10.6 Å². The van der Waals surface area contributed by atoms with E-state index in [1.807, 2.05) is 69.3 Å². The van der Waals surface area contributed by atoms with Gasteiger partial charge in [-0.1, -0.05) is 49.2 Å². The summed E-state index contributed by atoms with van der Waals surface area (Å²) in [6, 6.07) is 15.2. The minimum absolute atomic E-state index is 0.0466. The Morgan fingerprint density at radius 1 is 1.03 bits per heavy atom. The zero-order chi connectivity index (χ0) is 22.4. The van der Waals surface area contributed by atoms with Gasteiger partial charge in [-0.15, -0.1) is 11.8 Å². The van der Waals surface area contributed by atoms with Crippen LogP contribution in [0.1, 0.15) is 80.3 Å². The topological polar surface area (TPSA) is 81.6 Å². The van der Waals surface area contributed by atoms with Gasteiger partial charge in [-0.3, -0.25) is 10.1 Å². The van der Waals surface area contributed by atoms with E-state index in [9.17, 15) is 15.0 Å². The molecule has 2 unspecified atom stereocenters. The molecule has 2 atom stereocenters. The van der Waals surface area contributed by atoms with Gasteiger partial charge < -0.3 is 15.5 Å². The number of rotatable bonds is 8. The molecule has 0 heterocycles. The molecule has 31 heavy (non-hydrogen) atoms. The van der Waals surface area contributed by atoms with Gasteiger partial charge in [0.25, 0.3) is 5.91 Å². The second-order valence-electron chi connectivity index (χ2n) is 9.20. The van der Waals surface area contributed by atoms with Crippen LogP contribution >= 0.6 is 11.8 Å². The summed E-state index contributed by atoms with van der Waals surface area (Å²) >= 11 is 1.46. The molecule has 0 aromatic heterocycles. The lowest BCUT2D eigenvalue weighted by atomic mass is 10.00. The summed E-state index contributed by atoms with van der Waals surface area (Å²) in [5.41, 5.74) is 1.73. The first-order valence-electron chi connectivity index (χ1n) is 11.0. The van der Waals surface area contributed by atoms with Gasteiger partial charge in [0, 0.05) is 27.8 Å². The lowest BCUT2D eigenvalue weighted by Crippen LogP contribution is -2.39. The van der Waals surface area contributed by atoms with Crippen LogP contribution in [0.2, 0.25) is 0 Å². The van der Waals surface area contributed by atoms with Gasteiger partial charge in [0.05, 0.1) is 11.7 Å². The van der Waals surface area contributed by atoms with Crippen molar-refractivity contribution in [3.8, 4) is 0 Å². The lowest BCUT2D eigenvalue weighted by molar-refractivity contribution is 0.0934. The fourth-order valence-corrected chi connectivity index (χ4v) is 4.93. The van der Waals surface area contributed by atoms with Crippen molar-refractivity contribution in [2.45, 2.75) is 75.3 Å². The highest BCUT2D eigenvalue weighted by Gasteiger charge is 2.23. The lowest BCUT2D eigenvalue weighted by Gasteiger charge is -2.27. The third kappa shape index (κ3) is 6.81. The molecular formula is C25H34N2O3S. The first-order valence-corrected chi connectivity index (χ1v) is 12.0. The molecule has 1 aliphatic rings. The molecule has 2 aromatic rings. The Balaban J connectivity index is 1.69. The summed E-state index contributed by atoms with van der Waals surface area (Å²) in [4.78, 5) is 13.6. The summed E-state index contributed by atoms with van der Waals surface area (Å²) in [6.07, 6.45) is 2.78. The second kappa shape index (κ2) is 10.6. The van der Waals surface area contributed by atoms with E-state index in [4.69, 9.17) is 0 Å². The van der Waals surface area contributed by atoms with Crippen molar-refractivity contribution in [2.24, 2.45) is 0 Å². The van der Waals surface area contributed by atoms with Crippen molar-refractivity contribution in [3.63, 3.8) is 0 Å². The maximum Gasteiger partial charge on any atom is 0.252 e. The molecule has 0 saturated heterocycles. The molecule has 0 spiro atoms. The van der Waals surface area contributed by atoms with Gasteiger partial charge in [0.2, 0.25) is 0 Å². The van der Waals surface area contributed by atoms with E-state index in [1.165, 1.54) is 24.6 Å². The molecule has 3 rings (SSSR count). The number of benzene rings is 2. The summed E-state index contributed by atoms with van der Waals surface area (Å²) in [7, 11) is 0. The normalized spacial score (nSPS) is 16.8. The van der Waals surface area contributed by atoms with E-state index in [0.29, 0.717) is 22.4 Å². The van der Waals surface area contributed by atoms with E-state index >= 15 is 0 Å². The third-order valence-corrected chi connectivity index (χ3v) is 6.59. The Morgan fingerprint density at radius 2 is 1.65 bits per heavy atom. The summed E-state index contributed by atoms with van der Waals surface area (Å²) in [6.45, 7) is 5.95. The van der Waals surface area contributed by atoms with Crippen molar-refractivity contribution in [3.05, 3.63) is 65.2 Å². The molecule has 1 amide bonds. The number of aliphatic hydroxyl groups excluding tert-OH is 2. The first-order chi connectivity index (χ1) is 14.7. The molecule has 0 bridgehead atoms. The standard InChI is InChI=1S/C25H34N2O3S/c1-25(2,3)27-24(30)19-13-7-6-12-18(19)21(28)16-31-22-15-9-8-14-20(22)23(29)26-17-10-4-5-11-17/h6-9,12-15,17,21,24,27-28,30H,4-5,10-11,16H2,1-3H3,(H,26,29). The highest BCUT2D eigenvalue weighted by atomic mass is 32.2. The van der Waals surface area contributed by atoms with E-state index in [-0.39, 0.29) is 17.5 Å². The maximum absolute atomic E-state index is 12.8. The van der Waals surface area contributed by atoms with Crippen molar-refractivity contribution in [1.29, 1.82) is 0 Å². The van der Waals surface area contributed by atoms with Crippen LogP contribution in [0.4, 0.5) is 0 Å². The summed E-state index contributed by atoms with van der Waals surface area (Å²) < 4.78 is 0. The number of nitrogens with one attached hydrogen (secondary N) is 2. The van der Waals surface area contributed by atoms with Crippen molar-refractivity contribution in [1.82, 2.24) is 10.6 Å². The average molecular weight is 443 g/mol. The molecule has 0 aliphatic heterocycles. The van der Waals surface area contributed by atoms with Gasteiger partial charge in [-0.25, -0.2) is 0 Å². The fourth-order valence-electron chi connectivity index (χ4n) is 3.92. The quantitative estimate of drug-likeness (QED) is 0.356. The Morgan fingerprint density at radius 3 is 2.32 bits per heavy atom. The van der Waals surface area contributed by atoms with Gasteiger partial charge in [0.15, 0.2) is 0 Å². The predicted molar refractivity (Wildman–Crippen MR) is 126 cm³/mol. The Labute approximate surface area is 189 Å². The maximum atomic E-state index is 12.8. The number of amides is 1. The molecule has 1 saturated carbocycles. The van der Waals surface area contributed by atoms with Crippen LogP contribution in [-0.2, 0) is 0 Å². The van der Waals surface area contributed by atoms with Gasteiger partial charge >= 0.3 is 0 Å². The third-order valence-electron chi connectivity index (χ3n) is 5.44. The van der Waals surface area contributed by atoms with Crippen LogP contribution in [0.5, 0.6) is 0 Å². The molecular weight excluding hydrogens is 408 g/mol. The van der Waals surface area contributed by atoms with E-state index in [0.717, 1.165) is 17.7 Å². The molecule has 1 fully saturated rings. The van der Waals surface area contributed by atoms with Crippen LogP contribution in [0.15, 0.2) is 53.4 Å². The average Bonchev–Trinajstić information content (AvgIpc) is 3.24. The fraction of sp³-hybridized carbons (Fsp3) is 0.480. The number of carbonyl (C=O) groups is 1. The Hall–Kier alpha value is -1.86. The number of thioether (sulfide) groups is 1. The highest BCUT2D eigenvalue weighted by molar-refractivity contribution is 7.99. The second-order valence-corrected chi connectivity index (χ2v) is 10.3. The molecule has 1 aliphatic carbocycles. The van der Waals surface area contributed by atoms with E-state index in [1.54, 1.807) is 0 Å². The monoisotopic (exact) mass is 442 g/mol. The molecule has 2 aromatic carbocycles. The van der Waals surface area contributed by atoms with Crippen LogP contribution in [-0.4, -0.2) is 33.5 Å². The van der Waals surface area contributed by atoms with Crippen molar-refractivity contribution >= 4 is 17.7 Å². The van der Waals surface area contributed by atoms with Gasteiger partial charge in [-0.05, 0) is 51.3 Å². The zero-order valence-electron chi connectivity index (χ0n) is 18.6. The zero-order valence-corrected chi connectivity index (χ0v) is 19.4. The smallest absolute Gasteiger partial charge is 0.252 e. The largest absolute Gasteiger partial charge is 0.388 e. The molecule has 0 radical (unpaired) electrons. The Bertz CT molecular complexity index is 875. The minimum Gasteiger partial charge on any atom is -0.388 e. The molecule has 4 N–H and O–H groups in total. The number of hydrogen-bond acceptors (Lipinski definition) is 5. The summed E-state index contributed by atoms with van der Waals surface area (Å²) in [5, 5.41) is 27.8. The molecule has 168 valence electrons. The van der Waals surface area contributed by atoms with Crippen molar-refractivity contribution < 1.29 is 15.0 Å². The highest BCUT2D eigenvalue weighted by Crippen LogP contribution is 2.31. The number of hydrogen-bond donors (Lipinski definition) is 4. The minimum atomic E-state index is -0.875. The molecule has 5 nitrogen and oxygen atoms in total. The molecule has 6 heteroatoms. The number of carbonyl (C=O) groups excluding carboxylic acids is 1. The summed E-state index contributed by atoms with van der Waals surface area (Å²) in [5.74, 6) is 0.335. The van der Waals surface area contributed by atoms with Gasteiger partial charge in [-0.2, -0.15) is 0 Å². The van der Waals surface area contributed by atoms with Crippen LogP contribution < -0.4 is 10.6 Å². The number of aliphatic hydroxyl groups is 2.